The molecule has 0 radical (unpaired) electrons. The lowest BCUT2D eigenvalue weighted by molar-refractivity contribution is -0.121. The molecule has 1 aromatic rings. The Kier molecular flexibility index (Phi) is 5.86. The van der Waals surface area contributed by atoms with E-state index in [1.165, 1.54) is 22.9 Å². The van der Waals surface area contributed by atoms with Crippen molar-refractivity contribution in [1.82, 2.24) is 4.72 Å². The van der Waals surface area contributed by atoms with Crippen LogP contribution in [0.3, 0.4) is 0 Å². The van der Waals surface area contributed by atoms with Crippen LogP contribution in [-0.4, -0.2) is 32.9 Å². The van der Waals surface area contributed by atoms with E-state index in [0.717, 1.165) is 0 Å². The van der Waals surface area contributed by atoms with E-state index in [-0.39, 0.29) is 16.3 Å². The molecule has 0 aliphatic rings. The minimum absolute atomic E-state index is 0.0602. The first-order chi connectivity index (χ1) is 9.63. The van der Waals surface area contributed by atoms with Crippen LogP contribution in [-0.2, 0) is 10.2 Å². The number of benzene rings is 1. The third-order valence-electron chi connectivity index (χ3n) is 1.99. The second kappa shape index (κ2) is 7.00. The van der Waals surface area contributed by atoms with Gasteiger partial charge >= 0.3 is 6.18 Å². The van der Waals surface area contributed by atoms with Gasteiger partial charge in [0, 0.05) is 5.02 Å². The highest BCUT2D eigenvalue weighted by Crippen LogP contribution is 2.21. The van der Waals surface area contributed by atoms with E-state index < -0.39 is 29.5 Å². The zero-order chi connectivity index (χ0) is 16.1. The van der Waals surface area contributed by atoms with Crippen molar-refractivity contribution in [3.63, 3.8) is 0 Å². The molecular weight excluding hydrogens is 333 g/mol. The van der Waals surface area contributed by atoms with Crippen molar-refractivity contribution < 1.29 is 26.7 Å². The summed E-state index contributed by atoms with van der Waals surface area (Å²) in [6.45, 7) is -2.17. The maximum absolute atomic E-state index is 12.0. The number of rotatable bonds is 4. The number of aliphatic hydroxyl groups is 1. The van der Waals surface area contributed by atoms with Crippen LogP contribution < -0.4 is 9.44 Å². The summed E-state index contributed by atoms with van der Waals surface area (Å²) >= 11 is 5.72. The third-order valence-corrected chi connectivity index (χ3v) is 3.24. The van der Waals surface area contributed by atoms with E-state index in [2.05, 4.69) is 11.8 Å². The summed E-state index contributed by atoms with van der Waals surface area (Å²) in [6, 6.07) is 3.90. The summed E-state index contributed by atoms with van der Waals surface area (Å²) in [5.74, 6) is 4.72. The predicted octanol–water partition coefficient (Wildman–Crippen LogP) is 1.49. The lowest BCUT2D eigenvalue weighted by atomic mass is 10.2. The zero-order valence-corrected chi connectivity index (χ0v) is 11.9. The van der Waals surface area contributed by atoms with Crippen LogP contribution in [0.5, 0.6) is 0 Å². The molecule has 5 nitrogen and oxygen atoms in total. The minimum atomic E-state index is -4.67. The first kappa shape index (κ1) is 17.6. The standard InChI is InChI=1S/C11H10ClF3N2O3S/c12-9-3-4-10(8(6-9)2-1-5-18)17-21(19,20)16-7-11(13,14)15/h3-4,6,16-18H,5,7H2. The van der Waals surface area contributed by atoms with Crippen molar-refractivity contribution in [2.24, 2.45) is 0 Å². The lowest BCUT2D eigenvalue weighted by Crippen LogP contribution is -2.37. The van der Waals surface area contributed by atoms with Crippen LogP contribution in [0, 0.1) is 11.8 Å². The molecule has 21 heavy (non-hydrogen) atoms. The summed E-state index contributed by atoms with van der Waals surface area (Å²) in [6.07, 6.45) is -4.67. The van der Waals surface area contributed by atoms with Crippen LogP contribution in [0.25, 0.3) is 0 Å². The Labute approximate surface area is 124 Å². The topological polar surface area (TPSA) is 78.4 Å². The first-order valence-corrected chi connectivity index (χ1v) is 7.22. The zero-order valence-electron chi connectivity index (χ0n) is 10.3. The highest BCUT2D eigenvalue weighted by molar-refractivity contribution is 7.90. The largest absolute Gasteiger partial charge is 0.402 e. The quantitative estimate of drug-likeness (QED) is 0.725. The molecule has 0 saturated carbocycles. The number of nitrogens with one attached hydrogen (secondary N) is 2. The molecule has 0 saturated heterocycles. The Bertz CT molecular complexity index is 666. The molecular formula is C11H10ClF3N2O3S. The summed E-state index contributed by atoms with van der Waals surface area (Å²) in [5.41, 5.74) is 0.0592. The number of hydrogen-bond acceptors (Lipinski definition) is 3. The molecule has 0 unspecified atom stereocenters. The molecule has 0 aliphatic heterocycles. The van der Waals surface area contributed by atoms with Gasteiger partial charge in [-0.1, -0.05) is 23.4 Å². The van der Waals surface area contributed by atoms with Crippen LogP contribution in [0.4, 0.5) is 18.9 Å². The molecule has 1 aromatic carbocycles. The van der Waals surface area contributed by atoms with Gasteiger partial charge in [-0.2, -0.15) is 26.3 Å². The van der Waals surface area contributed by atoms with Crippen LogP contribution in [0.2, 0.25) is 5.02 Å². The van der Waals surface area contributed by atoms with Gasteiger partial charge in [0.05, 0.1) is 11.3 Å². The Hall–Kier alpha value is -1.47. The van der Waals surface area contributed by atoms with Gasteiger partial charge in [0.1, 0.15) is 13.2 Å². The maximum Gasteiger partial charge on any atom is 0.402 e. The fourth-order valence-corrected chi connectivity index (χ4v) is 2.27. The number of aliphatic hydroxyl groups excluding tert-OH is 1. The fourth-order valence-electron chi connectivity index (χ4n) is 1.20. The van der Waals surface area contributed by atoms with E-state index in [0.29, 0.717) is 0 Å². The van der Waals surface area contributed by atoms with Gasteiger partial charge in [0.2, 0.25) is 0 Å². The summed E-state index contributed by atoms with van der Waals surface area (Å²) in [4.78, 5) is 0. The molecule has 0 fully saturated rings. The van der Waals surface area contributed by atoms with Gasteiger partial charge in [0.25, 0.3) is 10.2 Å². The number of halogens is 4. The van der Waals surface area contributed by atoms with Gasteiger partial charge in [-0.3, -0.25) is 4.72 Å². The molecule has 0 aliphatic carbocycles. The molecule has 0 heterocycles. The smallest absolute Gasteiger partial charge is 0.384 e. The van der Waals surface area contributed by atoms with Crippen molar-refractivity contribution in [2.75, 3.05) is 17.9 Å². The van der Waals surface area contributed by atoms with E-state index in [1.54, 1.807) is 0 Å². The molecule has 0 spiro atoms. The summed E-state index contributed by atoms with van der Waals surface area (Å²) < 4.78 is 62.3. The SMILES string of the molecule is O=S(=O)(NCC(F)(F)F)Nc1ccc(Cl)cc1C#CCO. The molecule has 0 bridgehead atoms. The molecule has 3 N–H and O–H groups in total. The molecule has 1 rings (SSSR count). The molecule has 10 heteroatoms. The van der Waals surface area contributed by atoms with Crippen molar-refractivity contribution in [1.29, 1.82) is 0 Å². The fraction of sp³-hybridized carbons (Fsp3) is 0.273. The van der Waals surface area contributed by atoms with Crippen molar-refractivity contribution in [3.05, 3.63) is 28.8 Å². The van der Waals surface area contributed by atoms with Gasteiger partial charge in [-0.05, 0) is 18.2 Å². The lowest BCUT2D eigenvalue weighted by Gasteiger charge is -2.12. The maximum atomic E-state index is 12.0. The Balaban J connectivity index is 2.96. The average molecular weight is 343 g/mol. The van der Waals surface area contributed by atoms with Gasteiger partial charge in [-0.15, -0.1) is 0 Å². The summed E-state index contributed by atoms with van der Waals surface area (Å²) in [7, 11) is -4.42. The third kappa shape index (κ3) is 6.68. The van der Waals surface area contributed by atoms with E-state index >= 15 is 0 Å². The number of hydrogen-bond donors (Lipinski definition) is 3. The Morgan fingerprint density at radius 3 is 2.57 bits per heavy atom. The van der Waals surface area contributed by atoms with Crippen LogP contribution in [0.1, 0.15) is 5.56 Å². The predicted molar refractivity (Wildman–Crippen MR) is 72.0 cm³/mol. The summed E-state index contributed by atoms with van der Waals surface area (Å²) in [5, 5.41) is 8.86. The average Bonchev–Trinajstić information content (AvgIpc) is 2.36. The van der Waals surface area contributed by atoms with E-state index in [1.807, 2.05) is 4.72 Å². The van der Waals surface area contributed by atoms with Crippen LogP contribution >= 0.6 is 11.6 Å². The second-order valence-corrected chi connectivity index (χ2v) is 5.63. The monoisotopic (exact) mass is 342 g/mol. The van der Waals surface area contributed by atoms with Gasteiger partial charge in [-0.25, -0.2) is 0 Å². The molecule has 0 aromatic heterocycles. The van der Waals surface area contributed by atoms with Gasteiger partial charge < -0.3 is 5.11 Å². The highest BCUT2D eigenvalue weighted by atomic mass is 35.5. The normalized spacial score (nSPS) is 11.7. The highest BCUT2D eigenvalue weighted by Gasteiger charge is 2.29. The molecule has 116 valence electrons. The Morgan fingerprint density at radius 1 is 1.33 bits per heavy atom. The number of alkyl halides is 3. The Morgan fingerprint density at radius 2 is 2.00 bits per heavy atom. The molecule has 0 amide bonds. The minimum Gasteiger partial charge on any atom is -0.384 e. The van der Waals surface area contributed by atoms with Gasteiger partial charge in [0.15, 0.2) is 0 Å². The number of anilines is 1. The van der Waals surface area contributed by atoms with Crippen molar-refractivity contribution >= 4 is 27.5 Å². The van der Waals surface area contributed by atoms with E-state index in [9.17, 15) is 21.6 Å². The van der Waals surface area contributed by atoms with Crippen molar-refractivity contribution in [2.45, 2.75) is 6.18 Å². The second-order valence-electron chi connectivity index (χ2n) is 3.69. The molecule has 0 atom stereocenters. The van der Waals surface area contributed by atoms with Crippen LogP contribution in [0.15, 0.2) is 18.2 Å². The first-order valence-electron chi connectivity index (χ1n) is 5.36. The van der Waals surface area contributed by atoms with Crippen molar-refractivity contribution in [3.8, 4) is 11.8 Å². The van der Waals surface area contributed by atoms with E-state index in [4.69, 9.17) is 16.7 Å².